The fraction of sp³-hybridized carbons (Fsp3) is 0.0385. The monoisotopic (exact) mass is 515 g/mol. The van der Waals surface area contributed by atoms with Crippen LogP contribution >= 0.6 is 22.9 Å². The van der Waals surface area contributed by atoms with E-state index < -0.39 is 10.8 Å². The summed E-state index contributed by atoms with van der Waals surface area (Å²) in [6.45, 7) is 1.98. The maximum atomic E-state index is 12.8. The fourth-order valence-corrected chi connectivity index (χ4v) is 5.22. The number of carbonyl (C=O) groups is 1. The summed E-state index contributed by atoms with van der Waals surface area (Å²) in [7, 11) is 0. The van der Waals surface area contributed by atoms with Crippen LogP contribution in [0, 0.1) is 17.0 Å². The fourth-order valence-electron chi connectivity index (χ4n) is 3.72. The Morgan fingerprint density at radius 3 is 2.72 bits per heavy atom. The molecular weight excluding hydrogens is 498 g/mol. The molecule has 10 heteroatoms. The molecule has 178 valence electrons. The summed E-state index contributed by atoms with van der Waals surface area (Å²) < 4.78 is 2.58. The molecule has 0 saturated heterocycles. The van der Waals surface area contributed by atoms with Gasteiger partial charge in [0.2, 0.25) is 0 Å². The summed E-state index contributed by atoms with van der Waals surface area (Å²) in [4.78, 5) is 24.0. The van der Waals surface area contributed by atoms with Gasteiger partial charge in [-0.25, -0.2) is 10.1 Å². The Balaban J connectivity index is 1.47. The van der Waals surface area contributed by atoms with Crippen molar-refractivity contribution in [2.24, 2.45) is 5.10 Å². The molecule has 0 spiro atoms. The molecule has 2 aromatic heterocycles. The minimum absolute atomic E-state index is 0.0485. The molecule has 0 bridgehead atoms. The molecule has 3 aromatic carbocycles. The van der Waals surface area contributed by atoms with Crippen LogP contribution in [0.25, 0.3) is 27.0 Å². The van der Waals surface area contributed by atoms with Crippen molar-refractivity contribution in [3.8, 4) is 16.9 Å². The predicted molar refractivity (Wildman–Crippen MR) is 142 cm³/mol. The summed E-state index contributed by atoms with van der Waals surface area (Å²) in [5, 5.41) is 21.3. The van der Waals surface area contributed by atoms with E-state index in [4.69, 9.17) is 11.6 Å². The lowest BCUT2D eigenvalue weighted by Crippen LogP contribution is -2.16. The van der Waals surface area contributed by atoms with Crippen LogP contribution in [0.3, 0.4) is 0 Å². The number of hydrogen-bond acceptors (Lipinski definition) is 6. The lowest BCUT2D eigenvalue weighted by molar-refractivity contribution is -0.384. The molecule has 0 fully saturated rings. The molecule has 36 heavy (non-hydrogen) atoms. The lowest BCUT2D eigenvalue weighted by atomic mass is 10.1. The second kappa shape index (κ2) is 9.73. The first-order valence-corrected chi connectivity index (χ1v) is 12.0. The number of nitro groups is 1. The van der Waals surface area contributed by atoms with E-state index in [0.717, 1.165) is 21.3 Å². The van der Waals surface area contributed by atoms with Crippen LogP contribution in [0.5, 0.6) is 0 Å². The van der Waals surface area contributed by atoms with Crippen LogP contribution in [0.1, 0.15) is 20.8 Å². The van der Waals surface area contributed by atoms with Gasteiger partial charge in [-0.2, -0.15) is 10.2 Å². The van der Waals surface area contributed by atoms with E-state index in [9.17, 15) is 14.9 Å². The number of nitro benzene ring substituents is 1. The van der Waals surface area contributed by atoms with Gasteiger partial charge in [-0.3, -0.25) is 14.9 Å². The van der Waals surface area contributed by atoms with Crippen molar-refractivity contribution in [2.45, 2.75) is 6.92 Å². The van der Waals surface area contributed by atoms with E-state index >= 15 is 0 Å². The van der Waals surface area contributed by atoms with Crippen LogP contribution in [0.15, 0.2) is 84.1 Å². The molecule has 1 N–H and O–H groups in total. The average Bonchev–Trinajstić information content (AvgIpc) is 3.45. The molecular formula is C26H18ClN5O3S. The highest BCUT2D eigenvalue weighted by atomic mass is 35.5. The first-order valence-electron chi connectivity index (χ1n) is 10.8. The molecule has 8 nitrogen and oxygen atoms in total. The van der Waals surface area contributed by atoms with Crippen LogP contribution in [-0.4, -0.2) is 26.8 Å². The standard InChI is InChI=1S/C26H18ClN5O3S/c1-16-10-11-21-22(12-16)36-25(23(21)27)26(33)29-28-14-18-15-31(19-7-3-2-4-8-19)30-24(18)17-6-5-9-20(13-17)32(34)35/h2-15H,1H3,(H,29,33). The number of aromatic nitrogens is 2. The quantitative estimate of drug-likeness (QED) is 0.161. The van der Waals surface area contributed by atoms with Gasteiger partial charge in [0.1, 0.15) is 10.6 Å². The first-order chi connectivity index (χ1) is 17.4. The molecule has 2 heterocycles. The van der Waals surface area contributed by atoms with Gasteiger partial charge >= 0.3 is 0 Å². The number of benzene rings is 3. The van der Waals surface area contributed by atoms with Gasteiger partial charge in [-0.05, 0) is 30.7 Å². The van der Waals surface area contributed by atoms with Crippen LogP contribution in [0.2, 0.25) is 5.02 Å². The zero-order valence-electron chi connectivity index (χ0n) is 18.9. The van der Waals surface area contributed by atoms with E-state index in [0.29, 0.717) is 26.7 Å². The Kier molecular flexibility index (Phi) is 6.32. The Labute approximate surface area is 214 Å². The predicted octanol–water partition coefficient (Wildman–Crippen LogP) is 6.39. The Morgan fingerprint density at radius 1 is 1.14 bits per heavy atom. The van der Waals surface area contributed by atoms with Gasteiger partial charge in [-0.15, -0.1) is 11.3 Å². The number of hydrazone groups is 1. The zero-order valence-corrected chi connectivity index (χ0v) is 20.5. The topological polar surface area (TPSA) is 102 Å². The number of rotatable bonds is 6. The number of halogens is 1. The highest BCUT2D eigenvalue weighted by Gasteiger charge is 2.18. The van der Waals surface area contributed by atoms with E-state index in [2.05, 4.69) is 15.6 Å². The number of nitrogens with zero attached hydrogens (tertiary/aromatic N) is 4. The summed E-state index contributed by atoms with van der Waals surface area (Å²) in [5.74, 6) is -0.428. The van der Waals surface area contributed by atoms with Crippen molar-refractivity contribution in [1.82, 2.24) is 15.2 Å². The molecule has 1 amide bonds. The van der Waals surface area contributed by atoms with Crippen LogP contribution < -0.4 is 5.43 Å². The van der Waals surface area contributed by atoms with Gasteiger partial charge in [0.15, 0.2) is 0 Å². The molecule has 0 saturated carbocycles. The average molecular weight is 516 g/mol. The Bertz CT molecular complexity index is 1640. The smallest absolute Gasteiger partial charge is 0.266 e. The molecule has 0 radical (unpaired) electrons. The molecule has 0 aliphatic heterocycles. The molecule has 0 aliphatic rings. The number of amides is 1. The van der Waals surface area contributed by atoms with E-state index in [-0.39, 0.29) is 5.69 Å². The Hall–Kier alpha value is -4.34. The van der Waals surface area contributed by atoms with Crippen molar-refractivity contribution < 1.29 is 9.72 Å². The zero-order chi connectivity index (χ0) is 25.2. The maximum absolute atomic E-state index is 12.8. The van der Waals surface area contributed by atoms with Crippen molar-refractivity contribution in [3.63, 3.8) is 0 Å². The van der Waals surface area contributed by atoms with Crippen molar-refractivity contribution in [2.75, 3.05) is 0 Å². The number of hydrogen-bond donors (Lipinski definition) is 1. The van der Waals surface area contributed by atoms with Gasteiger partial charge in [0, 0.05) is 39.5 Å². The molecule has 5 rings (SSSR count). The second-order valence-electron chi connectivity index (χ2n) is 7.96. The second-order valence-corrected chi connectivity index (χ2v) is 9.39. The number of nitrogens with one attached hydrogen (secondary N) is 1. The Morgan fingerprint density at radius 2 is 1.94 bits per heavy atom. The summed E-state index contributed by atoms with van der Waals surface area (Å²) in [5.41, 5.74) is 5.97. The minimum Gasteiger partial charge on any atom is -0.266 e. The molecule has 0 aliphatic carbocycles. The van der Waals surface area contributed by atoms with E-state index in [1.807, 2.05) is 55.5 Å². The number of fused-ring (bicyclic) bond motifs is 1. The van der Waals surface area contributed by atoms with Gasteiger partial charge in [-0.1, -0.05) is 54.1 Å². The highest BCUT2D eigenvalue weighted by Crippen LogP contribution is 2.35. The van der Waals surface area contributed by atoms with Gasteiger partial charge < -0.3 is 0 Å². The van der Waals surface area contributed by atoms with Crippen molar-refractivity contribution in [1.29, 1.82) is 0 Å². The number of thiophene rings is 1. The largest absolute Gasteiger partial charge is 0.283 e. The molecule has 0 unspecified atom stereocenters. The number of non-ortho nitro benzene ring substituents is 1. The SMILES string of the molecule is Cc1ccc2c(Cl)c(C(=O)NN=Cc3cn(-c4ccccc4)nc3-c3cccc([N+](=O)[O-])c3)sc2c1. The number of para-hydroxylation sites is 1. The van der Waals surface area contributed by atoms with Gasteiger partial charge in [0.05, 0.1) is 21.8 Å². The third kappa shape index (κ3) is 4.61. The van der Waals surface area contributed by atoms with Crippen LogP contribution in [0.4, 0.5) is 5.69 Å². The maximum Gasteiger partial charge on any atom is 0.283 e. The summed E-state index contributed by atoms with van der Waals surface area (Å²) in [6.07, 6.45) is 3.21. The van der Waals surface area contributed by atoms with Crippen molar-refractivity contribution in [3.05, 3.63) is 110 Å². The first kappa shape index (κ1) is 23.4. The highest BCUT2D eigenvalue weighted by molar-refractivity contribution is 7.21. The van der Waals surface area contributed by atoms with E-state index in [1.165, 1.54) is 29.7 Å². The third-order valence-electron chi connectivity index (χ3n) is 5.45. The molecule has 5 aromatic rings. The van der Waals surface area contributed by atoms with Crippen LogP contribution in [-0.2, 0) is 0 Å². The lowest BCUT2D eigenvalue weighted by Gasteiger charge is -2.01. The summed E-state index contributed by atoms with van der Waals surface area (Å²) in [6, 6.07) is 21.5. The number of aryl methyl sites for hydroxylation is 1. The summed E-state index contributed by atoms with van der Waals surface area (Å²) >= 11 is 7.75. The van der Waals surface area contributed by atoms with Gasteiger partial charge in [0.25, 0.3) is 11.6 Å². The molecule has 0 atom stereocenters. The van der Waals surface area contributed by atoms with Crippen molar-refractivity contribution >= 4 is 50.8 Å². The van der Waals surface area contributed by atoms with E-state index in [1.54, 1.807) is 23.0 Å². The normalized spacial score (nSPS) is 11.3. The third-order valence-corrected chi connectivity index (χ3v) is 7.11. The minimum atomic E-state index is -0.456. The number of carbonyl (C=O) groups excluding carboxylic acids is 1.